The first-order valence-electron chi connectivity index (χ1n) is 9.71. The molecule has 2 aromatic carbocycles. The van der Waals surface area contributed by atoms with Gasteiger partial charge in [-0.2, -0.15) is 5.10 Å². The van der Waals surface area contributed by atoms with Crippen molar-refractivity contribution in [1.82, 2.24) is 20.1 Å². The number of amides is 1. The molecule has 0 fully saturated rings. The third-order valence-corrected chi connectivity index (χ3v) is 4.96. The van der Waals surface area contributed by atoms with Crippen LogP contribution in [0.15, 0.2) is 73.1 Å². The zero-order valence-corrected chi connectivity index (χ0v) is 17.2. The predicted molar refractivity (Wildman–Crippen MR) is 116 cm³/mol. The Morgan fingerprint density at radius 1 is 1.00 bits per heavy atom. The summed E-state index contributed by atoms with van der Waals surface area (Å²) in [5.41, 5.74) is 4.15. The molecule has 6 nitrogen and oxygen atoms in total. The van der Waals surface area contributed by atoms with Crippen LogP contribution in [0.5, 0.6) is 5.75 Å². The third-order valence-electron chi connectivity index (χ3n) is 4.96. The number of halogens is 1. The maximum Gasteiger partial charge on any atom is 0.270 e. The summed E-state index contributed by atoms with van der Waals surface area (Å²) in [5.74, 6) is 0.166. The van der Waals surface area contributed by atoms with E-state index in [0.29, 0.717) is 23.5 Å². The molecule has 4 rings (SSSR count). The lowest BCUT2D eigenvalue weighted by Crippen LogP contribution is -2.25. The van der Waals surface area contributed by atoms with Crippen molar-refractivity contribution in [3.8, 4) is 28.1 Å². The monoisotopic (exact) mass is 416 g/mol. The average molecular weight is 416 g/mol. The normalized spacial score (nSPS) is 10.7. The number of nitrogens with zero attached hydrogens (tertiary/aromatic N) is 3. The molecule has 0 aliphatic carbocycles. The van der Waals surface area contributed by atoms with Crippen molar-refractivity contribution in [2.45, 2.75) is 6.54 Å². The quantitative estimate of drug-likeness (QED) is 0.511. The largest absolute Gasteiger partial charge is 0.497 e. The van der Waals surface area contributed by atoms with E-state index >= 15 is 0 Å². The SMILES string of the molecule is COc1ccc(CNC(=O)c2c(-c3ccncc3)c(-c3ccc(F)cc3)nn2C)cc1. The molecule has 4 aromatic rings. The molecule has 1 N–H and O–H groups in total. The minimum atomic E-state index is -0.331. The fraction of sp³-hybridized carbons (Fsp3) is 0.125. The molecule has 0 radical (unpaired) electrons. The maximum atomic E-state index is 13.4. The summed E-state index contributed by atoms with van der Waals surface area (Å²) in [6.45, 7) is 0.357. The molecule has 7 heteroatoms. The molecule has 2 heterocycles. The molecular weight excluding hydrogens is 395 g/mol. The molecule has 0 aliphatic heterocycles. The van der Waals surface area contributed by atoms with Gasteiger partial charge in [0.05, 0.1) is 7.11 Å². The van der Waals surface area contributed by atoms with Crippen LogP contribution in [0.1, 0.15) is 16.1 Å². The third kappa shape index (κ3) is 4.30. The number of hydrogen-bond acceptors (Lipinski definition) is 4. The second kappa shape index (κ2) is 8.79. The van der Waals surface area contributed by atoms with Crippen LogP contribution in [0.2, 0.25) is 0 Å². The van der Waals surface area contributed by atoms with Gasteiger partial charge in [0.15, 0.2) is 0 Å². The van der Waals surface area contributed by atoms with Gasteiger partial charge >= 0.3 is 0 Å². The van der Waals surface area contributed by atoms with Crippen LogP contribution in [0.3, 0.4) is 0 Å². The summed E-state index contributed by atoms with van der Waals surface area (Å²) >= 11 is 0. The van der Waals surface area contributed by atoms with E-state index in [1.54, 1.807) is 43.4 Å². The Hall–Kier alpha value is -4.00. The Balaban J connectivity index is 1.70. The molecule has 0 spiro atoms. The van der Waals surface area contributed by atoms with Crippen molar-refractivity contribution < 1.29 is 13.9 Å². The maximum absolute atomic E-state index is 13.4. The van der Waals surface area contributed by atoms with Crippen LogP contribution < -0.4 is 10.1 Å². The first-order chi connectivity index (χ1) is 15.1. The molecule has 31 heavy (non-hydrogen) atoms. The summed E-state index contributed by atoms with van der Waals surface area (Å²) in [6.07, 6.45) is 3.33. The van der Waals surface area contributed by atoms with Crippen molar-refractivity contribution >= 4 is 5.91 Å². The Morgan fingerprint density at radius 3 is 2.32 bits per heavy atom. The fourth-order valence-electron chi connectivity index (χ4n) is 3.40. The zero-order valence-electron chi connectivity index (χ0n) is 17.2. The second-order valence-electron chi connectivity index (χ2n) is 6.97. The average Bonchev–Trinajstić information content (AvgIpc) is 3.16. The van der Waals surface area contributed by atoms with Gasteiger partial charge in [0.25, 0.3) is 5.91 Å². The molecule has 0 saturated heterocycles. The number of rotatable bonds is 6. The number of nitrogens with one attached hydrogen (secondary N) is 1. The van der Waals surface area contributed by atoms with Gasteiger partial charge in [-0.15, -0.1) is 0 Å². The molecule has 2 aromatic heterocycles. The van der Waals surface area contributed by atoms with Gasteiger partial charge in [0.1, 0.15) is 23.0 Å². The number of aryl methyl sites for hydroxylation is 1. The Kier molecular flexibility index (Phi) is 5.75. The van der Waals surface area contributed by atoms with Crippen molar-refractivity contribution in [1.29, 1.82) is 0 Å². The van der Waals surface area contributed by atoms with Crippen molar-refractivity contribution in [2.75, 3.05) is 7.11 Å². The number of carbonyl (C=O) groups excluding carboxylic acids is 1. The van der Waals surface area contributed by atoms with E-state index in [2.05, 4.69) is 15.4 Å². The van der Waals surface area contributed by atoms with Crippen LogP contribution in [0.4, 0.5) is 4.39 Å². The lowest BCUT2D eigenvalue weighted by Gasteiger charge is -2.10. The predicted octanol–water partition coefficient (Wildman–Crippen LogP) is 4.23. The number of carbonyl (C=O) groups is 1. The number of pyridine rings is 1. The van der Waals surface area contributed by atoms with Gasteiger partial charge in [0.2, 0.25) is 0 Å². The van der Waals surface area contributed by atoms with Crippen LogP contribution in [0.25, 0.3) is 22.4 Å². The summed E-state index contributed by atoms with van der Waals surface area (Å²) in [4.78, 5) is 17.3. The fourth-order valence-corrected chi connectivity index (χ4v) is 3.40. The smallest absolute Gasteiger partial charge is 0.270 e. The Labute approximate surface area is 179 Å². The van der Waals surface area contributed by atoms with E-state index in [0.717, 1.165) is 22.4 Å². The molecule has 0 aliphatic rings. The second-order valence-corrected chi connectivity index (χ2v) is 6.97. The zero-order chi connectivity index (χ0) is 21.8. The Morgan fingerprint density at radius 2 is 1.68 bits per heavy atom. The standard InChI is InChI=1S/C24H21FN4O2/c1-29-23(24(30)27-15-16-3-9-20(31-2)10-4-16)21(17-11-13-26-14-12-17)22(28-29)18-5-7-19(25)8-6-18/h3-14H,15H2,1-2H3,(H,27,30). The molecular formula is C24H21FN4O2. The summed E-state index contributed by atoms with van der Waals surface area (Å²) in [6, 6.07) is 17.2. The number of benzene rings is 2. The summed E-state index contributed by atoms with van der Waals surface area (Å²) in [5, 5.41) is 7.54. The van der Waals surface area contributed by atoms with Gasteiger partial charge in [-0.25, -0.2) is 4.39 Å². The lowest BCUT2D eigenvalue weighted by atomic mass is 9.99. The number of methoxy groups -OCH3 is 1. The number of aromatic nitrogens is 3. The highest BCUT2D eigenvalue weighted by atomic mass is 19.1. The van der Waals surface area contributed by atoms with Crippen molar-refractivity contribution in [2.24, 2.45) is 7.05 Å². The van der Waals surface area contributed by atoms with Crippen molar-refractivity contribution in [3.05, 3.63) is 90.1 Å². The topological polar surface area (TPSA) is 69.0 Å². The minimum Gasteiger partial charge on any atom is -0.497 e. The highest BCUT2D eigenvalue weighted by Gasteiger charge is 2.24. The van der Waals surface area contributed by atoms with Gasteiger partial charge in [-0.05, 0) is 59.7 Å². The highest BCUT2D eigenvalue weighted by molar-refractivity contribution is 6.03. The molecule has 156 valence electrons. The van der Waals surface area contributed by atoms with Crippen LogP contribution >= 0.6 is 0 Å². The first kappa shape index (κ1) is 20.3. The van der Waals surface area contributed by atoms with Crippen LogP contribution in [0, 0.1) is 5.82 Å². The van der Waals surface area contributed by atoms with Crippen LogP contribution in [-0.4, -0.2) is 27.8 Å². The highest BCUT2D eigenvalue weighted by Crippen LogP contribution is 2.34. The summed E-state index contributed by atoms with van der Waals surface area (Å²) in [7, 11) is 3.33. The van der Waals surface area contributed by atoms with Gasteiger partial charge in [-0.3, -0.25) is 14.5 Å². The van der Waals surface area contributed by atoms with Crippen molar-refractivity contribution in [3.63, 3.8) is 0 Å². The van der Waals surface area contributed by atoms with Gasteiger partial charge < -0.3 is 10.1 Å². The molecule has 0 saturated carbocycles. The number of ether oxygens (including phenoxy) is 1. The van der Waals surface area contributed by atoms with Gasteiger partial charge in [-0.1, -0.05) is 12.1 Å². The van der Waals surface area contributed by atoms with Crippen LogP contribution in [-0.2, 0) is 13.6 Å². The molecule has 0 bridgehead atoms. The number of hydrogen-bond donors (Lipinski definition) is 1. The molecule has 0 atom stereocenters. The lowest BCUT2D eigenvalue weighted by molar-refractivity contribution is 0.0942. The van der Waals surface area contributed by atoms with E-state index < -0.39 is 0 Å². The minimum absolute atomic E-state index is 0.258. The Bertz CT molecular complexity index is 1190. The van der Waals surface area contributed by atoms with Gasteiger partial charge in [0, 0.05) is 37.1 Å². The first-order valence-corrected chi connectivity index (χ1v) is 9.71. The van der Waals surface area contributed by atoms with E-state index in [1.165, 1.54) is 12.1 Å². The molecule has 0 unspecified atom stereocenters. The van der Waals surface area contributed by atoms with E-state index in [9.17, 15) is 9.18 Å². The molecule has 1 amide bonds. The van der Waals surface area contributed by atoms with E-state index in [-0.39, 0.29) is 11.7 Å². The van der Waals surface area contributed by atoms with E-state index in [1.807, 2.05) is 36.4 Å². The summed E-state index contributed by atoms with van der Waals surface area (Å²) < 4.78 is 20.2. The van der Waals surface area contributed by atoms with E-state index in [4.69, 9.17) is 4.74 Å².